The summed E-state index contributed by atoms with van der Waals surface area (Å²) >= 11 is 5.37. The molecule has 4 rings (SSSR count). The van der Waals surface area contributed by atoms with Crippen molar-refractivity contribution in [1.82, 2.24) is 18.8 Å². The fourth-order valence-corrected chi connectivity index (χ4v) is 5.77. The van der Waals surface area contributed by atoms with Gasteiger partial charge in [0.2, 0.25) is 10.0 Å². The van der Waals surface area contributed by atoms with E-state index in [9.17, 15) is 13.2 Å². The third-order valence-corrected chi connectivity index (χ3v) is 7.84. The van der Waals surface area contributed by atoms with Gasteiger partial charge in [0.05, 0.1) is 4.90 Å². The van der Waals surface area contributed by atoms with Crippen molar-refractivity contribution in [2.24, 2.45) is 0 Å². The maximum absolute atomic E-state index is 13.2. The summed E-state index contributed by atoms with van der Waals surface area (Å²) in [5, 5.41) is 0. The summed E-state index contributed by atoms with van der Waals surface area (Å²) in [6.45, 7) is 4.80. The number of amides is 1. The molecule has 2 aromatic carbocycles. The van der Waals surface area contributed by atoms with Gasteiger partial charge in [0.1, 0.15) is 5.69 Å². The molecular formula is C22H24N4O3S2. The van der Waals surface area contributed by atoms with Gasteiger partial charge in [-0.1, -0.05) is 30.3 Å². The summed E-state index contributed by atoms with van der Waals surface area (Å²) in [4.78, 5) is 18.2. The van der Waals surface area contributed by atoms with E-state index < -0.39 is 10.0 Å². The molecule has 1 fully saturated rings. The molecule has 0 aliphatic carbocycles. The number of aromatic nitrogens is 2. The molecule has 0 radical (unpaired) electrons. The Morgan fingerprint density at radius 2 is 1.68 bits per heavy atom. The van der Waals surface area contributed by atoms with Crippen molar-refractivity contribution in [3.63, 3.8) is 0 Å². The van der Waals surface area contributed by atoms with Crippen molar-refractivity contribution in [3.8, 4) is 5.69 Å². The Kier molecular flexibility index (Phi) is 5.83. The van der Waals surface area contributed by atoms with Gasteiger partial charge in [-0.3, -0.25) is 9.36 Å². The van der Waals surface area contributed by atoms with Crippen molar-refractivity contribution < 1.29 is 13.2 Å². The van der Waals surface area contributed by atoms with Gasteiger partial charge in [-0.25, -0.2) is 8.42 Å². The van der Waals surface area contributed by atoms with Crippen molar-refractivity contribution in [2.75, 3.05) is 26.2 Å². The molecule has 0 atom stereocenters. The van der Waals surface area contributed by atoms with E-state index in [4.69, 9.17) is 12.2 Å². The first-order valence-electron chi connectivity index (χ1n) is 10.0. The summed E-state index contributed by atoms with van der Waals surface area (Å²) in [6, 6.07) is 14.9. The number of rotatable bonds is 4. The van der Waals surface area contributed by atoms with Crippen LogP contribution in [0.3, 0.4) is 0 Å². The number of hydrogen-bond donors (Lipinski definition) is 1. The molecule has 9 heteroatoms. The lowest BCUT2D eigenvalue weighted by Crippen LogP contribution is -2.50. The molecule has 7 nitrogen and oxygen atoms in total. The zero-order valence-corrected chi connectivity index (χ0v) is 19.0. The molecule has 162 valence electrons. The number of aryl methyl sites for hydroxylation is 2. The number of aromatic amines is 1. The minimum absolute atomic E-state index is 0.181. The van der Waals surface area contributed by atoms with Crippen molar-refractivity contribution in [2.45, 2.75) is 18.7 Å². The zero-order chi connectivity index (χ0) is 22.2. The third kappa shape index (κ3) is 4.08. The largest absolute Gasteiger partial charge is 0.336 e. The van der Waals surface area contributed by atoms with E-state index in [2.05, 4.69) is 4.98 Å². The Morgan fingerprint density at radius 1 is 1.00 bits per heavy atom. The molecule has 1 aromatic heterocycles. The number of para-hydroxylation sites is 1. The number of nitrogens with one attached hydrogen (secondary N) is 1. The number of carbonyl (C=O) groups is 1. The molecule has 1 amide bonds. The average Bonchev–Trinajstić information content (AvgIpc) is 3.17. The quantitative estimate of drug-likeness (QED) is 0.611. The number of benzene rings is 2. The molecule has 0 spiro atoms. The van der Waals surface area contributed by atoms with Gasteiger partial charge in [0.25, 0.3) is 5.91 Å². The zero-order valence-electron chi connectivity index (χ0n) is 17.4. The van der Waals surface area contributed by atoms with Gasteiger partial charge in [-0.05, 0) is 55.4 Å². The number of piperazine rings is 1. The van der Waals surface area contributed by atoms with E-state index in [-0.39, 0.29) is 19.0 Å². The fraction of sp³-hybridized carbons (Fsp3) is 0.273. The third-order valence-electron chi connectivity index (χ3n) is 5.50. The molecule has 1 saturated heterocycles. The molecule has 1 aliphatic heterocycles. The lowest BCUT2D eigenvalue weighted by atomic mass is 10.2. The first kappa shape index (κ1) is 21.5. The molecule has 1 aliphatic rings. The van der Waals surface area contributed by atoms with E-state index in [0.29, 0.717) is 28.4 Å². The Hall–Kier alpha value is -2.75. The van der Waals surface area contributed by atoms with Crippen molar-refractivity contribution in [3.05, 3.63) is 76.3 Å². The summed E-state index contributed by atoms with van der Waals surface area (Å²) in [7, 11) is -3.61. The second kappa shape index (κ2) is 8.41. The number of carbonyl (C=O) groups excluding carboxylic acids is 1. The monoisotopic (exact) mass is 456 g/mol. The molecule has 0 bridgehead atoms. The van der Waals surface area contributed by atoms with Gasteiger partial charge in [-0.2, -0.15) is 4.31 Å². The summed E-state index contributed by atoms with van der Waals surface area (Å²) in [5.74, 6) is -0.181. The SMILES string of the molecule is Cc1ccc(C)c(S(=O)(=O)N2CCN(C(=O)c3c[nH]c(=S)n3-c3ccccc3)CC2)c1. The van der Waals surface area contributed by atoms with E-state index in [1.165, 1.54) is 4.31 Å². The molecule has 1 N–H and O–H groups in total. The number of imidazole rings is 1. The van der Waals surface area contributed by atoms with Crippen LogP contribution in [-0.2, 0) is 10.0 Å². The van der Waals surface area contributed by atoms with Gasteiger partial charge >= 0.3 is 0 Å². The van der Waals surface area contributed by atoms with Crippen LogP contribution < -0.4 is 0 Å². The minimum atomic E-state index is -3.61. The first-order chi connectivity index (χ1) is 14.8. The molecule has 3 aromatic rings. The van der Waals surface area contributed by atoms with Crippen LogP contribution in [0.4, 0.5) is 0 Å². The number of sulfonamides is 1. The maximum atomic E-state index is 13.2. The smallest absolute Gasteiger partial charge is 0.272 e. The van der Waals surface area contributed by atoms with E-state index in [0.717, 1.165) is 16.8 Å². The van der Waals surface area contributed by atoms with E-state index in [1.54, 1.807) is 28.7 Å². The van der Waals surface area contributed by atoms with Crippen LogP contribution in [0.25, 0.3) is 5.69 Å². The van der Waals surface area contributed by atoms with Gasteiger partial charge in [0.15, 0.2) is 4.77 Å². The summed E-state index contributed by atoms with van der Waals surface area (Å²) < 4.78 is 29.9. The van der Waals surface area contributed by atoms with Crippen LogP contribution in [0, 0.1) is 18.6 Å². The summed E-state index contributed by atoms with van der Waals surface area (Å²) in [5.41, 5.74) is 2.85. The Bertz CT molecular complexity index is 1270. The van der Waals surface area contributed by atoms with Gasteiger partial charge in [-0.15, -0.1) is 0 Å². The number of hydrogen-bond acceptors (Lipinski definition) is 4. The second-order valence-electron chi connectivity index (χ2n) is 7.62. The molecule has 0 saturated carbocycles. The van der Waals surface area contributed by atoms with E-state index >= 15 is 0 Å². The number of H-pyrrole nitrogens is 1. The topological polar surface area (TPSA) is 78.4 Å². The lowest BCUT2D eigenvalue weighted by Gasteiger charge is -2.34. The summed E-state index contributed by atoms with van der Waals surface area (Å²) in [6.07, 6.45) is 1.61. The van der Waals surface area contributed by atoms with Crippen LogP contribution in [0.15, 0.2) is 59.6 Å². The van der Waals surface area contributed by atoms with Crippen LogP contribution in [0.5, 0.6) is 0 Å². The van der Waals surface area contributed by atoms with Crippen LogP contribution in [0.1, 0.15) is 21.6 Å². The fourth-order valence-electron chi connectivity index (χ4n) is 3.78. The lowest BCUT2D eigenvalue weighted by molar-refractivity contribution is 0.0689. The van der Waals surface area contributed by atoms with Gasteiger partial charge in [0, 0.05) is 38.1 Å². The first-order valence-corrected chi connectivity index (χ1v) is 11.9. The molecule has 0 unspecified atom stereocenters. The normalized spacial score (nSPS) is 15.2. The predicted octanol–water partition coefficient (Wildman–Crippen LogP) is 3.30. The Morgan fingerprint density at radius 3 is 2.35 bits per heavy atom. The Labute approximate surface area is 187 Å². The standard InChI is InChI=1S/C22H24N4O3S2/c1-16-8-9-17(2)20(14-16)31(28,29)25-12-10-24(11-13-25)21(27)19-15-23-22(30)26(19)18-6-4-3-5-7-18/h3-9,14-15H,10-13H2,1-2H3,(H,23,30). The van der Waals surface area contributed by atoms with Crippen molar-refractivity contribution >= 4 is 28.1 Å². The highest BCUT2D eigenvalue weighted by molar-refractivity contribution is 7.89. The van der Waals surface area contributed by atoms with Crippen LogP contribution in [-0.4, -0.2) is 59.3 Å². The minimum Gasteiger partial charge on any atom is -0.336 e. The highest BCUT2D eigenvalue weighted by Crippen LogP contribution is 2.23. The maximum Gasteiger partial charge on any atom is 0.272 e. The molecular weight excluding hydrogens is 432 g/mol. The molecule has 2 heterocycles. The number of nitrogens with zero attached hydrogens (tertiary/aromatic N) is 3. The van der Waals surface area contributed by atoms with Crippen LogP contribution in [0.2, 0.25) is 0 Å². The van der Waals surface area contributed by atoms with Gasteiger partial charge < -0.3 is 9.88 Å². The van der Waals surface area contributed by atoms with E-state index in [1.807, 2.05) is 49.4 Å². The highest BCUT2D eigenvalue weighted by Gasteiger charge is 2.32. The Balaban J connectivity index is 1.53. The predicted molar refractivity (Wildman–Crippen MR) is 122 cm³/mol. The molecule has 31 heavy (non-hydrogen) atoms. The average molecular weight is 457 g/mol. The van der Waals surface area contributed by atoms with Crippen molar-refractivity contribution in [1.29, 1.82) is 0 Å². The second-order valence-corrected chi connectivity index (χ2v) is 9.91. The van der Waals surface area contributed by atoms with Crippen LogP contribution >= 0.6 is 12.2 Å². The highest BCUT2D eigenvalue weighted by atomic mass is 32.2.